The molecule has 3 aromatic rings. The van der Waals surface area contributed by atoms with Gasteiger partial charge in [0.25, 0.3) is 0 Å². The van der Waals surface area contributed by atoms with Crippen LogP contribution in [0.5, 0.6) is 0 Å². The fourth-order valence-corrected chi connectivity index (χ4v) is 4.35. The fraction of sp³-hybridized carbons (Fsp3) is 0.526. The number of piperidine rings is 1. The minimum atomic E-state index is 0.421. The monoisotopic (exact) mass is 353 g/mol. The van der Waals surface area contributed by atoms with E-state index in [1.807, 2.05) is 36.5 Å². The van der Waals surface area contributed by atoms with Gasteiger partial charge in [-0.05, 0) is 45.5 Å². The van der Waals surface area contributed by atoms with E-state index in [4.69, 9.17) is 0 Å². The van der Waals surface area contributed by atoms with Crippen LogP contribution >= 0.6 is 0 Å². The molecule has 4 heterocycles. The molecule has 1 saturated heterocycles. The van der Waals surface area contributed by atoms with Crippen molar-refractivity contribution in [3.8, 4) is 0 Å². The van der Waals surface area contributed by atoms with E-state index < -0.39 is 0 Å². The number of aryl methyl sites for hydroxylation is 1. The summed E-state index contributed by atoms with van der Waals surface area (Å²) in [6.45, 7) is 3.08. The molecule has 4 rings (SSSR count). The molecule has 0 bridgehead atoms. The number of nitrogens with zero attached hydrogens (tertiary/aromatic N) is 7. The van der Waals surface area contributed by atoms with Crippen molar-refractivity contribution in [2.45, 2.75) is 25.4 Å². The SMILES string of the molecule is CN(Cc1cnc2cnccn12)C[C@@H]1CCCN(C)[C@H]1c1ccnn1C. The Kier molecular flexibility index (Phi) is 4.74. The fourth-order valence-electron chi connectivity index (χ4n) is 4.35. The van der Waals surface area contributed by atoms with Crippen molar-refractivity contribution >= 4 is 5.65 Å². The highest BCUT2D eigenvalue weighted by atomic mass is 15.3. The molecule has 26 heavy (non-hydrogen) atoms. The Morgan fingerprint density at radius 3 is 2.92 bits per heavy atom. The molecule has 0 aliphatic carbocycles. The number of imidazole rings is 1. The number of hydrogen-bond donors (Lipinski definition) is 0. The topological polar surface area (TPSA) is 54.5 Å². The first kappa shape index (κ1) is 17.2. The van der Waals surface area contributed by atoms with Gasteiger partial charge in [-0.25, -0.2) is 4.98 Å². The molecule has 7 nitrogen and oxygen atoms in total. The normalized spacial score (nSPS) is 21.7. The molecular weight excluding hydrogens is 326 g/mol. The summed E-state index contributed by atoms with van der Waals surface area (Å²) in [4.78, 5) is 13.5. The highest BCUT2D eigenvalue weighted by Crippen LogP contribution is 2.35. The van der Waals surface area contributed by atoms with Crippen LogP contribution in [0.2, 0.25) is 0 Å². The second-order valence-corrected chi connectivity index (χ2v) is 7.46. The first-order valence-corrected chi connectivity index (χ1v) is 9.26. The Hall–Kier alpha value is -2.25. The van der Waals surface area contributed by atoms with Crippen LogP contribution in [-0.2, 0) is 13.6 Å². The Balaban J connectivity index is 1.50. The molecule has 1 aliphatic heterocycles. The van der Waals surface area contributed by atoms with E-state index in [1.165, 1.54) is 24.2 Å². The predicted molar refractivity (Wildman–Crippen MR) is 101 cm³/mol. The van der Waals surface area contributed by atoms with Crippen molar-refractivity contribution < 1.29 is 0 Å². The van der Waals surface area contributed by atoms with Crippen LogP contribution in [0.4, 0.5) is 0 Å². The summed E-state index contributed by atoms with van der Waals surface area (Å²) < 4.78 is 4.14. The van der Waals surface area contributed by atoms with Gasteiger partial charge in [0.05, 0.1) is 29.8 Å². The zero-order valence-corrected chi connectivity index (χ0v) is 15.8. The second-order valence-electron chi connectivity index (χ2n) is 7.46. The standard InChI is InChI=1S/C19H27N7/c1-23(14-16-11-21-18-12-20-8-10-26(16)18)13-15-5-4-9-24(2)19(15)17-6-7-22-25(17)3/h6-8,10-12,15,19H,4-5,9,13-14H2,1-3H3/t15-,19+/m0/s1. The van der Waals surface area contributed by atoms with Crippen molar-refractivity contribution in [2.24, 2.45) is 13.0 Å². The summed E-state index contributed by atoms with van der Waals surface area (Å²) in [5, 5.41) is 4.39. The van der Waals surface area contributed by atoms with E-state index in [-0.39, 0.29) is 0 Å². The largest absolute Gasteiger partial charge is 0.300 e. The van der Waals surface area contributed by atoms with Crippen molar-refractivity contribution in [1.82, 2.24) is 33.9 Å². The van der Waals surface area contributed by atoms with Gasteiger partial charge >= 0.3 is 0 Å². The van der Waals surface area contributed by atoms with Crippen molar-refractivity contribution in [3.05, 3.63) is 48.4 Å². The zero-order chi connectivity index (χ0) is 18.1. The van der Waals surface area contributed by atoms with Gasteiger partial charge in [-0.1, -0.05) is 0 Å². The van der Waals surface area contributed by atoms with Crippen molar-refractivity contribution in [2.75, 3.05) is 27.2 Å². The van der Waals surface area contributed by atoms with E-state index in [0.29, 0.717) is 12.0 Å². The molecule has 138 valence electrons. The van der Waals surface area contributed by atoms with Crippen molar-refractivity contribution in [3.63, 3.8) is 0 Å². The smallest absolute Gasteiger partial charge is 0.155 e. The van der Waals surface area contributed by atoms with E-state index in [1.54, 1.807) is 6.20 Å². The maximum Gasteiger partial charge on any atom is 0.155 e. The van der Waals surface area contributed by atoms with E-state index >= 15 is 0 Å². The van der Waals surface area contributed by atoms with Crippen LogP contribution in [0.25, 0.3) is 5.65 Å². The molecule has 2 atom stereocenters. The number of aromatic nitrogens is 5. The quantitative estimate of drug-likeness (QED) is 0.702. The summed E-state index contributed by atoms with van der Waals surface area (Å²) >= 11 is 0. The molecule has 1 fully saturated rings. The van der Waals surface area contributed by atoms with Gasteiger partial charge in [-0.3, -0.25) is 19.0 Å². The van der Waals surface area contributed by atoms with Crippen LogP contribution in [0.1, 0.15) is 30.3 Å². The second kappa shape index (κ2) is 7.17. The van der Waals surface area contributed by atoms with Crippen LogP contribution in [0.3, 0.4) is 0 Å². The molecule has 7 heteroatoms. The van der Waals surface area contributed by atoms with Gasteiger partial charge in [0, 0.05) is 38.7 Å². The predicted octanol–water partition coefficient (Wildman–Crippen LogP) is 1.98. The van der Waals surface area contributed by atoms with Gasteiger partial charge in [0.1, 0.15) is 0 Å². The third-order valence-electron chi connectivity index (χ3n) is 5.54. The van der Waals surface area contributed by atoms with Crippen LogP contribution in [0, 0.1) is 5.92 Å². The van der Waals surface area contributed by atoms with Crippen molar-refractivity contribution in [1.29, 1.82) is 0 Å². The molecule has 3 aromatic heterocycles. The summed E-state index contributed by atoms with van der Waals surface area (Å²) in [6, 6.07) is 2.59. The molecule has 0 spiro atoms. The lowest BCUT2D eigenvalue weighted by Gasteiger charge is -2.40. The minimum Gasteiger partial charge on any atom is -0.300 e. The van der Waals surface area contributed by atoms with Gasteiger partial charge in [0.2, 0.25) is 0 Å². The maximum absolute atomic E-state index is 4.45. The maximum atomic E-state index is 4.45. The van der Waals surface area contributed by atoms with Crippen LogP contribution in [-0.4, -0.2) is 61.1 Å². The average molecular weight is 353 g/mol. The highest BCUT2D eigenvalue weighted by Gasteiger charge is 2.33. The lowest BCUT2D eigenvalue weighted by Crippen LogP contribution is -2.41. The third kappa shape index (κ3) is 3.24. The number of likely N-dealkylation sites (tertiary alicyclic amines) is 1. The lowest BCUT2D eigenvalue weighted by molar-refractivity contribution is 0.0869. The van der Waals surface area contributed by atoms with E-state index in [9.17, 15) is 0 Å². The summed E-state index contributed by atoms with van der Waals surface area (Å²) in [5.74, 6) is 0.593. The Labute approximate surface area is 154 Å². The zero-order valence-electron chi connectivity index (χ0n) is 15.8. The Morgan fingerprint density at radius 2 is 2.12 bits per heavy atom. The molecule has 0 aromatic carbocycles. The number of rotatable bonds is 5. The molecule has 0 N–H and O–H groups in total. The first-order chi connectivity index (χ1) is 12.6. The van der Waals surface area contributed by atoms with Gasteiger partial charge < -0.3 is 4.90 Å². The lowest BCUT2D eigenvalue weighted by atomic mass is 9.87. The van der Waals surface area contributed by atoms with E-state index in [0.717, 1.165) is 25.3 Å². The minimum absolute atomic E-state index is 0.421. The highest BCUT2D eigenvalue weighted by molar-refractivity contribution is 5.36. The molecule has 0 amide bonds. The summed E-state index contributed by atoms with van der Waals surface area (Å²) in [7, 11) is 6.49. The number of fused-ring (bicyclic) bond motifs is 1. The molecule has 1 aliphatic rings. The summed E-state index contributed by atoms with van der Waals surface area (Å²) in [6.07, 6.45) is 12.0. The third-order valence-corrected chi connectivity index (χ3v) is 5.54. The molecular formula is C19H27N7. The first-order valence-electron chi connectivity index (χ1n) is 9.26. The van der Waals surface area contributed by atoms with Crippen LogP contribution < -0.4 is 0 Å². The van der Waals surface area contributed by atoms with E-state index in [2.05, 4.69) is 49.4 Å². The summed E-state index contributed by atoms with van der Waals surface area (Å²) in [5.41, 5.74) is 3.42. The number of hydrogen-bond acceptors (Lipinski definition) is 5. The van der Waals surface area contributed by atoms with Gasteiger partial charge in [0.15, 0.2) is 5.65 Å². The van der Waals surface area contributed by atoms with Gasteiger partial charge in [-0.2, -0.15) is 5.10 Å². The Morgan fingerprint density at radius 1 is 1.23 bits per heavy atom. The Bertz CT molecular complexity index is 868. The molecule has 0 unspecified atom stereocenters. The van der Waals surface area contributed by atoms with Gasteiger partial charge in [-0.15, -0.1) is 0 Å². The molecule has 0 saturated carbocycles. The van der Waals surface area contributed by atoms with Crippen LogP contribution in [0.15, 0.2) is 37.1 Å². The molecule has 0 radical (unpaired) electrons. The average Bonchev–Trinajstić information content (AvgIpc) is 3.22.